The number of aromatic nitrogens is 2. The normalized spacial score (nSPS) is 12.7. The van der Waals surface area contributed by atoms with Crippen molar-refractivity contribution in [3.05, 3.63) is 217 Å². The maximum atomic E-state index is 5.28. The highest BCUT2D eigenvalue weighted by atomic mass is 14.9. The Balaban J connectivity index is 1.000. The van der Waals surface area contributed by atoms with E-state index in [1.807, 2.05) is 18.2 Å². The van der Waals surface area contributed by atoms with Crippen LogP contribution in [0, 0.1) is 0 Å². The Morgan fingerprint density at radius 2 is 0.847 bits per heavy atom. The van der Waals surface area contributed by atoms with Crippen molar-refractivity contribution in [2.75, 3.05) is 0 Å². The van der Waals surface area contributed by atoms with Crippen molar-refractivity contribution in [3.8, 4) is 78.4 Å². The smallest absolute Gasteiger partial charge is 0.160 e. The predicted molar refractivity (Wildman–Crippen MR) is 247 cm³/mol. The second kappa shape index (κ2) is 13.9. The van der Waals surface area contributed by atoms with Crippen molar-refractivity contribution in [1.29, 1.82) is 0 Å². The molecule has 0 radical (unpaired) electrons. The van der Waals surface area contributed by atoms with Gasteiger partial charge in [-0.15, -0.1) is 0 Å². The summed E-state index contributed by atoms with van der Waals surface area (Å²) < 4.78 is 0. The van der Waals surface area contributed by atoms with Gasteiger partial charge in [-0.25, -0.2) is 9.97 Å². The topological polar surface area (TPSA) is 25.8 Å². The van der Waals surface area contributed by atoms with Gasteiger partial charge in [0.15, 0.2) is 5.82 Å². The SMILES string of the molecule is CC1(C)c2ccccc2-c2ccc(-c3ccc(-c4ccc(-c5cc(-c6ccccc6-c6ccc7ccccc7c6)nc(-c6ccccc6)n5)c5ccccc45)cc3)cc21. The molecule has 0 saturated heterocycles. The molecule has 278 valence electrons. The van der Waals surface area contributed by atoms with E-state index >= 15 is 0 Å². The van der Waals surface area contributed by atoms with E-state index in [9.17, 15) is 0 Å². The lowest BCUT2D eigenvalue weighted by Crippen LogP contribution is -2.14. The van der Waals surface area contributed by atoms with Crippen molar-refractivity contribution < 1.29 is 0 Å². The fraction of sp³-hybridized carbons (Fsp3) is 0.0526. The summed E-state index contributed by atoms with van der Waals surface area (Å²) >= 11 is 0. The number of benzene rings is 9. The molecule has 10 aromatic rings. The molecule has 0 N–H and O–H groups in total. The van der Waals surface area contributed by atoms with E-state index in [1.165, 1.54) is 60.7 Å². The zero-order valence-corrected chi connectivity index (χ0v) is 33.0. The van der Waals surface area contributed by atoms with Crippen LogP contribution in [0.15, 0.2) is 206 Å². The van der Waals surface area contributed by atoms with Gasteiger partial charge in [-0.2, -0.15) is 0 Å². The highest BCUT2D eigenvalue weighted by Gasteiger charge is 2.35. The van der Waals surface area contributed by atoms with Crippen LogP contribution in [0.5, 0.6) is 0 Å². The fourth-order valence-corrected chi connectivity index (χ4v) is 9.25. The van der Waals surface area contributed by atoms with Gasteiger partial charge in [0, 0.05) is 22.1 Å². The summed E-state index contributed by atoms with van der Waals surface area (Å²) in [6.45, 7) is 4.68. The first-order valence-electron chi connectivity index (χ1n) is 20.4. The van der Waals surface area contributed by atoms with Crippen molar-refractivity contribution in [1.82, 2.24) is 9.97 Å². The monoisotopic (exact) mass is 752 g/mol. The second-order valence-electron chi connectivity index (χ2n) is 16.2. The van der Waals surface area contributed by atoms with Gasteiger partial charge in [-0.05, 0) is 95.4 Å². The molecule has 1 heterocycles. The molecule has 1 aromatic heterocycles. The van der Waals surface area contributed by atoms with E-state index in [0.29, 0.717) is 5.82 Å². The summed E-state index contributed by atoms with van der Waals surface area (Å²) in [6, 6.07) is 74.4. The summed E-state index contributed by atoms with van der Waals surface area (Å²) in [5.74, 6) is 0.703. The molecule has 0 aliphatic heterocycles. The number of rotatable bonds is 6. The van der Waals surface area contributed by atoms with E-state index < -0.39 is 0 Å². The molecule has 0 spiro atoms. The fourth-order valence-electron chi connectivity index (χ4n) is 9.25. The molecule has 0 bridgehead atoms. The Hall–Kier alpha value is -7.42. The number of fused-ring (bicyclic) bond motifs is 5. The summed E-state index contributed by atoms with van der Waals surface area (Å²) in [4.78, 5) is 10.5. The van der Waals surface area contributed by atoms with Gasteiger partial charge in [0.05, 0.1) is 11.4 Å². The molecule has 1 aliphatic rings. The molecule has 1 aliphatic carbocycles. The Kier molecular flexibility index (Phi) is 8.20. The van der Waals surface area contributed by atoms with Gasteiger partial charge in [-0.1, -0.05) is 202 Å². The van der Waals surface area contributed by atoms with Crippen molar-refractivity contribution in [2.45, 2.75) is 19.3 Å². The molecule has 0 amide bonds. The third-order valence-corrected chi connectivity index (χ3v) is 12.3. The van der Waals surface area contributed by atoms with Crippen molar-refractivity contribution in [3.63, 3.8) is 0 Å². The lowest BCUT2D eigenvalue weighted by Gasteiger charge is -2.22. The molecule has 2 nitrogen and oxygen atoms in total. The Bertz CT molecular complexity index is 3230. The number of hydrogen-bond acceptors (Lipinski definition) is 2. The Morgan fingerprint density at radius 1 is 0.305 bits per heavy atom. The van der Waals surface area contributed by atoms with Crippen LogP contribution in [0.4, 0.5) is 0 Å². The number of hydrogen-bond donors (Lipinski definition) is 0. The molecule has 59 heavy (non-hydrogen) atoms. The molecule has 2 heteroatoms. The van der Waals surface area contributed by atoms with Crippen LogP contribution in [-0.2, 0) is 5.41 Å². The molecule has 0 atom stereocenters. The third kappa shape index (κ3) is 5.96. The quantitative estimate of drug-likeness (QED) is 0.169. The Morgan fingerprint density at radius 3 is 1.64 bits per heavy atom. The van der Waals surface area contributed by atoms with Crippen LogP contribution in [0.3, 0.4) is 0 Å². The van der Waals surface area contributed by atoms with Gasteiger partial charge in [0.1, 0.15) is 0 Å². The number of nitrogens with zero attached hydrogens (tertiary/aromatic N) is 2. The minimum absolute atomic E-state index is 0.0323. The third-order valence-electron chi connectivity index (χ3n) is 12.3. The first-order valence-corrected chi connectivity index (χ1v) is 20.4. The van der Waals surface area contributed by atoms with Crippen molar-refractivity contribution in [2.24, 2.45) is 0 Å². The highest BCUT2D eigenvalue weighted by molar-refractivity contribution is 6.05. The van der Waals surface area contributed by atoms with E-state index in [-0.39, 0.29) is 5.41 Å². The van der Waals surface area contributed by atoms with Crippen molar-refractivity contribution >= 4 is 21.5 Å². The molecule has 11 rings (SSSR count). The van der Waals surface area contributed by atoms with Crippen LogP contribution >= 0.6 is 0 Å². The largest absolute Gasteiger partial charge is 0.228 e. The molecule has 9 aromatic carbocycles. The first-order chi connectivity index (χ1) is 29.0. The molecule has 0 unspecified atom stereocenters. The summed E-state index contributed by atoms with van der Waals surface area (Å²) in [5.41, 5.74) is 17.5. The lowest BCUT2D eigenvalue weighted by molar-refractivity contribution is 0.660. The first kappa shape index (κ1) is 34.8. The second-order valence-corrected chi connectivity index (χ2v) is 16.2. The van der Waals surface area contributed by atoms with Gasteiger partial charge in [0.25, 0.3) is 0 Å². The zero-order chi connectivity index (χ0) is 39.5. The van der Waals surface area contributed by atoms with Crippen LogP contribution < -0.4 is 0 Å². The molecule has 0 saturated carbocycles. The maximum Gasteiger partial charge on any atom is 0.160 e. The van der Waals surface area contributed by atoms with Crippen LogP contribution in [0.25, 0.3) is 100.0 Å². The van der Waals surface area contributed by atoms with Gasteiger partial charge in [0.2, 0.25) is 0 Å². The zero-order valence-electron chi connectivity index (χ0n) is 33.0. The lowest BCUT2D eigenvalue weighted by atomic mass is 9.81. The predicted octanol–water partition coefficient (Wildman–Crippen LogP) is 15.1. The van der Waals surface area contributed by atoms with Gasteiger partial charge >= 0.3 is 0 Å². The molecular formula is C57H40N2. The summed E-state index contributed by atoms with van der Waals surface area (Å²) in [6.07, 6.45) is 0. The van der Waals surface area contributed by atoms with Gasteiger partial charge in [-0.3, -0.25) is 0 Å². The van der Waals surface area contributed by atoms with E-state index in [0.717, 1.165) is 44.6 Å². The summed E-state index contributed by atoms with van der Waals surface area (Å²) in [5, 5.41) is 4.78. The highest BCUT2D eigenvalue weighted by Crippen LogP contribution is 2.49. The Labute approximate surface area is 345 Å². The minimum Gasteiger partial charge on any atom is -0.228 e. The minimum atomic E-state index is -0.0323. The maximum absolute atomic E-state index is 5.28. The van der Waals surface area contributed by atoms with Gasteiger partial charge < -0.3 is 0 Å². The summed E-state index contributed by atoms with van der Waals surface area (Å²) in [7, 11) is 0. The van der Waals surface area contributed by atoms with Crippen LogP contribution in [0.1, 0.15) is 25.0 Å². The standard InChI is InChI=1S/C57H40N2/c1-57(2)52-23-13-12-21-48(52)49-31-30-42(35-53(49)57)38-24-27-39(28-25-38)45-32-33-51(47-20-10-9-19-46(45)47)55-36-54(58-56(59-55)40-15-4-3-5-16-40)50-22-11-8-18-44(50)43-29-26-37-14-6-7-17-41(37)34-43/h3-36H,1-2H3. The average Bonchev–Trinajstić information content (AvgIpc) is 3.53. The molecular weight excluding hydrogens is 713 g/mol. The van der Waals surface area contributed by atoms with E-state index in [4.69, 9.17) is 9.97 Å². The van der Waals surface area contributed by atoms with Crippen LogP contribution in [-0.4, -0.2) is 9.97 Å². The van der Waals surface area contributed by atoms with E-state index in [1.54, 1.807) is 0 Å². The average molecular weight is 753 g/mol. The van der Waals surface area contributed by atoms with Crippen LogP contribution in [0.2, 0.25) is 0 Å². The molecule has 0 fully saturated rings. The van der Waals surface area contributed by atoms with E-state index in [2.05, 4.69) is 202 Å².